The first-order chi connectivity index (χ1) is 15.5. The Morgan fingerprint density at radius 2 is 1.45 bits per heavy atom. The van der Waals surface area contributed by atoms with Crippen molar-refractivity contribution in [2.75, 3.05) is 14.2 Å². The largest absolute Gasteiger partial charge is 0.493 e. The lowest BCUT2D eigenvalue weighted by Crippen LogP contribution is -2.15. The van der Waals surface area contributed by atoms with E-state index in [1.807, 2.05) is 0 Å². The van der Waals surface area contributed by atoms with Crippen molar-refractivity contribution in [3.63, 3.8) is 0 Å². The lowest BCUT2D eigenvalue weighted by Gasteiger charge is -2.18. The number of carbonyl (C=O) groups excluding carboxylic acids is 3. The summed E-state index contributed by atoms with van der Waals surface area (Å²) >= 11 is 0. The average Bonchev–Trinajstić information content (AvgIpc) is 2.71. The van der Waals surface area contributed by atoms with Gasteiger partial charge in [-0.15, -0.1) is 0 Å². The molecule has 0 aliphatic rings. The minimum atomic E-state index is -1.49. The van der Waals surface area contributed by atoms with Crippen molar-refractivity contribution >= 4 is 23.6 Å². The van der Waals surface area contributed by atoms with E-state index in [1.165, 1.54) is 45.4 Å². The van der Waals surface area contributed by atoms with Gasteiger partial charge in [0.1, 0.15) is 5.75 Å². The lowest BCUT2D eigenvalue weighted by atomic mass is 10.1. The molecular weight excluding hydrogens is 442 g/mol. The molecule has 0 radical (unpaired) electrons. The summed E-state index contributed by atoms with van der Waals surface area (Å²) in [7, 11) is 2.68. The lowest BCUT2D eigenvalue weighted by molar-refractivity contribution is -0.385. The zero-order valence-corrected chi connectivity index (χ0v) is 18.4. The van der Waals surface area contributed by atoms with E-state index < -0.39 is 34.8 Å². The maximum absolute atomic E-state index is 11.7. The molecular formula is C21H21NO11. The predicted octanol–water partition coefficient (Wildman–Crippen LogP) is 3.45. The number of benzene rings is 2. The van der Waals surface area contributed by atoms with Crippen LogP contribution in [0, 0.1) is 10.1 Å². The van der Waals surface area contributed by atoms with Crippen LogP contribution in [0.1, 0.15) is 32.6 Å². The van der Waals surface area contributed by atoms with Crippen molar-refractivity contribution in [2.45, 2.75) is 27.1 Å². The van der Waals surface area contributed by atoms with Crippen molar-refractivity contribution in [3.8, 4) is 28.7 Å². The van der Waals surface area contributed by atoms with E-state index in [1.54, 1.807) is 0 Å². The second-order valence-electron chi connectivity index (χ2n) is 6.39. The molecule has 12 nitrogen and oxygen atoms in total. The molecule has 0 unspecified atom stereocenters. The molecule has 0 saturated carbocycles. The highest BCUT2D eigenvalue weighted by atomic mass is 16.7. The van der Waals surface area contributed by atoms with E-state index in [-0.39, 0.29) is 34.3 Å². The number of nitro groups is 1. The summed E-state index contributed by atoms with van der Waals surface area (Å²) in [6.07, 6.45) is -1.49. The minimum absolute atomic E-state index is 0.0256. The molecule has 2 aromatic rings. The van der Waals surface area contributed by atoms with Crippen LogP contribution in [-0.4, -0.2) is 37.1 Å². The fourth-order valence-electron chi connectivity index (χ4n) is 2.70. The predicted molar refractivity (Wildman–Crippen MR) is 110 cm³/mol. The summed E-state index contributed by atoms with van der Waals surface area (Å²) in [5, 5.41) is 11.7. The summed E-state index contributed by atoms with van der Waals surface area (Å²) in [5.41, 5.74) is -0.506. The van der Waals surface area contributed by atoms with Gasteiger partial charge in [0.05, 0.1) is 19.1 Å². The van der Waals surface area contributed by atoms with Gasteiger partial charge in [0, 0.05) is 44.5 Å². The van der Waals surface area contributed by atoms with Gasteiger partial charge >= 0.3 is 23.6 Å². The van der Waals surface area contributed by atoms with E-state index in [9.17, 15) is 24.5 Å². The van der Waals surface area contributed by atoms with Gasteiger partial charge < -0.3 is 28.4 Å². The van der Waals surface area contributed by atoms with Gasteiger partial charge in [-0.3, -0.25) is 24.5 Å². The fourth-order valence-corrected chi connectivity index (χ4v) is 2.70. The first-order valence-corrected chi connectivity index (χ1v) is 9.30. The summed E-state index contributed by atoms with van der Waals surface area (Å²) in [5.74, 6) is -2.11. The number of ether oxygens (including phenoxy) is 6. The molecule has 0 bridgehead atoms. The Hall–Kier alpha value is -4.35. The van der Waals surface area contributed by atoms with E-state index in [2.05, 4.69) is 0 Å². The summed E-state index contributed by atoms with van der Waals surface area (Å²) in [4.78, 5) is 45.0. The van der Waals surface area contributed by atoms with Crippen LogP contribution in [-0.2, 0) is 23.9 Å². The Bertz CT molecular complexity index is 1060. The van der Waals surface area contributed by atoms with Crippen molar-refractivity contribution in [1.82, 2.24) is 0 Å². The number of esters is 3. The van der Waals surface area contributed by atoms with Gasteiger partial charge in [-0.1, -0.05) is 0 Å². The van der Waals surface area contributed by atoms with Gasteiger partial charge in [-0.25, -0.2) is 0 Å². The fraction of sp³-hybridized carbons (Fsp3) is 0.286. The van der Waals surface area contributed by atoms with Gasteiger partial charge in [-0.2, -0.15) is 0 Å². The quantitative estimate of drug-likeness (QED) is 0.177. The normalized spacial score (nSPS) is 10.2. The van der Waals surface area contributed by atoms with Crippen LogP contribution in [0.25, 0.3) is 0 Å². The topological polar surface area (TPSA) is 150 Å². The van der Waals surface area contributed by atoms with E-state index in [0.29, 0.717) is 0 Å². The second kappa shape index (κ2) is 10.8. The number of nitrogens with zero attached hydrogens (tertiary/aromatic N) is 1. The van der Waals surface area contributed by atoms with Crippen molar-refractivity contribution in [1.29, 1.82) is 0 Å². The highest BCUT2D eigenvalue weighted by Gasteiger charge is 2.26. The SMILES string of the molecule is COc1cc(OC(C)=O)cc(Oc2ccc(C(OC(C)=O)OC(C)=O)cc2[N+](=O)[O-])c1OC. The van der Waals surface area contributed by atoms with Crippen LogP contribution >= 0.6 is 0 Å². The third-order valence-corrected chi connectivity index (χ3v) is 3.90. The molecule has 0 atom stereocenters. The molecule has 0 heterocycles. The molecule has 0 fully saturated rings. The molecule has 2 rings (SSSR count). The average molecular weight is 463 g/mol. The Morgan fingerprint density at radius 1 is 0.848 bits per heavy atom. The van der Waals surface area contributed by atoms with Crippen LogP contribution < -0.4 is 18.9 Å². The zero-order chi connectivity index (χ0) is 24.7. The Balaban J connectivity index is 2.55. The highest BCUT2D eigenvalue weighted by Crippen LogP contribution is 2.45. The smallest absolute Gasteiger partial charge is 0.312 e. The molecule has 0 aliphatic carbocycles. The molecule has 0 N–H and O–H groups in total. The van der Waals surface area contributed by atoms with Crippen LogP contribution in [0.15, 0.2) is 30.3 Å². The first-order valence-electron chi connectivity index (χ1n) is 9.30. The number of methoxy groups -OCH3 is 2. The number of nitro benzene ring substituents is 1. The Morgan fingerprint density at radius 3 is 1.94 bits per heavy atom. The summed E-state index contributed by atoms with van der Waals surface area (Å²) in [6, 6.07) is 6.25. The van der Waals surface area contributed by atoms with E-state index in [4.69, 9.17) is 28.4 Å². The van der Waals surface area contributed by atoms with Gasteiger partial charge in [0.2, 0.25) is 11.5 Å². The molecule has 12 heteroatoms. The van der Waals surface area contributed by atoms with Gasteiger partial charge in [0.15, 0.2) is 11.5 Å². The number of rotatable bonds is 9. The van der Waals surface area contributed by atoms with Gasteiger partial charge in [-0.05, 0) is 12.1 Å². The maximum Gasteiger partial charge on any atom is 0.312 e. The number of hydrogen-bond donors (Lipinski definition) is 0. The molecule has 2 aromatic carbocycles. The molecule has 0 aromatic heterocycles. The zero-order valence-electron chi connectivity index (χ0n) is 18.4. The third kappa shape index (κ3) is 6.56. The molecule has 33 heavy (non-hydrogen) atoms. The van der Waals surface area contributed by atoms with Gasteiger partial charge in [0.25, 0.3) is 6.29 Å². The minimum Gasteiger partial charge on any atom is -0.493 e. The summed E-state index contributed by atoms with van der Waals surface area (Å²) < 4.78 is 31.1. The van der Waals surface area contributed by atoms with Crippen LogP contribution in [0.4, 0.5) is 5.69 Å². The maximum atomic E-state index is 11.7. The molecule has 176 valence electrons. The van der Waals surface area contributed by atoms with E-state index >= 15 is 0 Å². The third-order valence-electron chi connectivity index (χ3n) is 3.90. The molecule has 0 spiro atoms. The van der Waals surface area contributed by atoms with E-state index in [0.717, 1.165) is 19.9 Å². The highest BCUT2D eigenvalue weighted by molar-refractivity contribution is 5.71. The Kier molecular flexibility index (Phi) is 8.15. The van der Waals surface area contributed by atoms with Crippen LogP contribution in [0.5, 0.6) is 28.7 Å². The van der Waals surface area contributed by atoms with Crippen LogP contribution in [0.3, 0.4) is 0 Å². The van der Waals surface area contributed by atoms with Crippen molar-refractivity contribution in [3.05, 3.63) is 46.0 Å². The van der Waals surface area contributed by atoms with Crippen molar-refractivity contribution in [2.24, 2.45) is 0 Å². The monoisotopic (exact) mass is 463 g/mol. The first kappa shape index (κ1) is 24.9. The molecule has 0 amide bonds. The number of hydrogen-bond acceptors (Lipinski definition) is 11. The second-order valence-corrected chi connectivity index (χ2v) is 6.39. The standard InChI is InChI=1S/C21H21NO11/c1-11(23)30-15-9-18(28-4)20(29-5)19(10-15)33-17-7-6-14(8-16(17)22(26)27)21(31-12(2)24)32-13(3)25/h6-10,21H,1-5H3. The Labute approximate surface area is 188 Å². The number of carbonyl (C=O) groups is 3. The molecule has 0 saturated heterocycles. The van der Waals surface area contributed by atoms with Crippen molar-refractivity contribution < 1.29 is 47.7 Å². The molecule has 0 aliphatic heterocycles. The summed E-state index contributed by atoms with van der Waals surface area (Å²) in [6.45, 7) is 3.39. The van der Waals surface area contributed by atoms with Crippen LogP contribution in [0.2, 0.25) is 0 Å².